The van der Waals surface area contributed by atoms with E-state index in [9.17, 15) is 9.59 Å². The minimum absolute atomic E-state index is 0.0506. The lowest BCUT2D eigenvalue weighted by Gasteiger charge is -2.27. The van der Waals surface area contributed by atoms with Crippen LogP contribution in [-0.2, 0) is 4.74 Å². The van der Waals surface area contributed by atoms with Crippen molar-refractivity contribution in [1.29, 1.82) is 0 Å². The quantitative estimate of drug-likeness (QED) is 0.754. The van der Waals surface area contributed by atoms with Crippen LogP contribution in [-0.4, -0.2) is 36.5 Å². The number of ether oxygens (including phenoxy) is 1. The Morgan fingerprint density at radius 2 is 1.83 bits per heavy atom. The van der Waals surface area contributed by atoms with Gasteiger partial charge in [0.1, 0.15) is 0 Å². The third-order valence-corrected chi connectivity index (χ3v) is 2.87. The smallest absolute Gasteiger partial charge is 0.410 e. The van der Waals surface area contributed by atoms with Crippen LogP contribution < -0.4 is 0 Å². The van der Waals surface area contributed by atoms with Gasteiger partial charge in [0, 0.05) is 12.1 Å². The molecule has 1 aromatic rings. The molecule has 0 saturated carbocycles. The highest BCUT2D eigenvalue weighted by atomic mass is 16.5. The first-order valence-corrected chi connectivity index (χ1v) is 6.09. The molecule has 1 atom stereocenters. The lowest BCUT2D eigenvalue weighted by Crippen LogP contribution is -2.44. The highest BCUT2D eigenvalue weighted by molar-refractivity contribution is 6.01. The van der Waals surface area contributed by atoms with Gasteiger partial charge in [-0.1, -0.05) is 37.3 Å². The fourth-order valence-corrected chi connectivity index (χ4v) is 1.94. The van der Waals surface area contributed by atoms with Crippen molar-refractivity contribution < 1.29 is 14.3 Å². The summed E-state index contributed by atoms with van der Waals surface area (Å²) in [6.07, 6.45) is 0.102. The highest BCUT2D eigenvalue weighted by Crippen LogP contribution is 2.13. The SMILES string of the molecule is CCC(C(=O)c1ccccc1)N(CC)C(=O)OC. The Morgan fingerprint density at radius 3 is 2.28 bits per heavy atom. The standard InChI is InChI=1S/C14H19NO3/c1-4-12(15(5-2)14(17)18-3)13(16)11-9-7-6-8-10-11/h6-10,12H,4-5H2,1-3H3. The molecular weight excluding hydrogens is 230 g/mol. The van der Waals surface area contributed by atoms with Crippen LogP contribution in [0.5, 0.6) is 0 Å². The first-order chi connectivity index (χ1) is 8.65. The molecule has 1 aromatic carbocycles. The predicted octanol–water partition coefficient (Wildman–Crippen LogP) is 2.74. The van der Waals surface area contributed by atoms with E-state index in [0.29, 0.717) is 18.5 Å². The summed E-state index contributed by atoms with van der Waals surface area (Å²) in [4.78, 5) is 25.4. The van der Waals surface area contributed by atoms with E-state index in [2.05, 4.69) is 0 Å². The zero-order valence-electron chi connectivity index (χ0n) is 11.1. The van der Waals surface area contributed by atoms with Gasteiger partial charge in [0.05, 0.1) is 13.2 Å². The Labute approximate surface area is 108 Å². The summed E-state index contributed by atoms with van der Waals surface area (Å²) in [7, 11) is 1.32. The molecule has 1 rings (SSSR count). The van der Waals surface area contributed by atoms with Gasteiger partial charge >= 0.3 is 6.09 Å². The van der Waals surface area contributed by atoms with Crippen LogP contribution in [0.2, 0.25) is 0 Å². The Hall–Kier alpha value is -1.84. The molecule has 0 aromatic heterocycles. The number of amides is 1. The summed E-state index contributed by atoms with van der Waals surface area (Å²) in [6.45, 7) is 4.17. The molecule has 0 N–H and O–H groups in total. The van der Waals surface area contributed by atoms with E-state index in [4.69, 9.17) is 4.74 Å². The topological polar surface area (TPSA) is 46.6 Å². The minimum Gasteiger partial charge on any atom is -0.453 e. The van der Waals surface area contributed by atoms with Gasteiger partial charge in [0.25, 0.3) is 0 Å². The molecule has 0 aliphatic rings. The molecular formula is C14H19NO3. The number of hydrogen-bond acceptors (Lipinski definition) is 3. The number of methoxy groups -OCH3 is 1. The fourth-order valence-electron chi connectivity index (χ4n) is 1.94. The molecule has 0 bridgehead atoms. The molecule has 4 heteroatoms. The van der Waals surface area contributed by atoms with Crippen LogP contribution in [0, 0.1) is 0 Å². The normalized spacial score (nSPS) is 11.7. The Morgan fingerprint density at radius 1 is 1.22 bits per heavy atom. The lowest BCUT2D eigenvalue weighted by atomic mass is 10.0. The summed E-state index contributed by atoms with van der Waals surface area (Å²) in [5.74, 6) is -0.0506. The Kier molecular flexibility index (Phi) is 5.36. The van der Waals surface area contributed by atoms with E-state index in [1.807, 2.05) is 32.0 Å². The molecule has 1 amide bonds. The van der Waals surface area contributed by atoms with Crippen LogP contribution in [0.3, 0.4) is 0 Å². The van der Waals surface area contributed by atoms with Gasteiger partial charge in [-0.15, -0.1) is 0 Å². The maximum absolute atomic E-state index is 12.3. The second-order valence-electron chi connectivity index (χ2n) is 3.91. The Bertz CT molecular complexity index is 403. The second-order valence-corrected chi connectivity index (χ2v) is 3.91. The molecule has 4 nitrogen and oxygen atoms in total. The summed E-state index contributed by atoms with van der Waals surface area (Å²) < 4.78 is 4.71. The second kappa shape index (κ2) is 6.79. The first kappa shape index (κ1) is 14.2. The van der Waals surface area contributed by atoms with Gasteiger partial charge in [-0.25, -0.2) is 4.79 Å². The van der Waals surface area contributed by atoms with Gasteiger partial charge in [-0.3, -0.25) is 9.69 Å². The number of benzene rings is 1. The molecule has 0 saturated heterocycles. The van der Waals surface area contributed by atoms with Crippen LogP contribution in [0.15, 0.2) is 30.3 Å². The van der Waals surface area contributed by atoms with E-state index >= 15 is 0 Å². The van der Waals surface area contributed by atoms with Crippen LogP contribution in [0.1, 0.15) is 30.6 Å². The van der Waals surface area contributed by atoms with Crippen molar-refractivity contribution in [2.45, 2.75) is 26.3 Å². The molecule has 98 valence electrons. The number of Topliss-reactive ketones (excluding diaryl/α,β-unsaturated/α-hetero) is 1. The molecule has 18 heavy (non-hydrogen) atoms. The van der Waals surface area contributed by atoms with Crippen molar-refractivity contribution >= 4 is 11.9 Å². The van der Waals surface area contributed by atoms with Crippen LogP contribution in [0.4, 0.5) is 4.79 Å². The van der Waals surface area contributed by atoms with Gasteiger partial charge in [-0.2, -0.15) is 0 Å². The number of likely N-dealkylation sites (N-methyl/N-ethyl adjacent to an activating group) is 1. The highest BCUT2D eigenvalue weighted by Gasteiger charge is 2.28. The average molecular weight is 249 g/mol. The molecule has 0 heterocycles. The van der Waals surface area contributed by atoms with Crippen molar-refractivity contribution in [2.24, 2.45) is 0 Å². The van der Waals surface area contributed by atoms with Gasteiger partial charge < -0.3 is 4.74 Å². The number of hydrogen-bond donors (Lipinski definition) is 0. The van der Waals surface area contributed by atoms with Crippen molar-refractivity contribution in [3.8, 4) is 0 Å². The maximum Gasteiger partial charge on any atom is 0.410 e. The number of carbonyl (C=O) groups excluding carboxylic acids is 2. The molecule has 0 spiro atoms. The number of ketones is 1. The van der Waals surface area contributed by atoms with Crippen LogP contribution in [0.25, 0.3) is 0 Å². The molecule has 1 unspecified atom stereocenters. The van der Waals surface area contributed by atoms with E-state index in [1.54, 1.807) is 12.1 Å². The third kappa shape index (κ3) is 3.09. The van der Waals surface area contributed by atoms with E-state index < -0.39 is 12.1 Å². The maximum atomic E-state index is 12.3. The number of carbonyl (C=O) groups is 2. The van der Waals surface area contributed by atoms with Gasteiger partial charge in [-0.05, 0) is 13.3 Å². The molecule has 0 aliphatic carbocycles. The zero-order chi connectivity index (χ0) is 13.5. The largest absolute Gasteiger partial charge is 0.453 e. The lowest BCUT2D eigenvalue weighted by molar-refractivity contribution is 0.0748. The van der Waals surface area contributed by atoms with Gasteiger partial charge in [0.2, 0.25) is 0 Å². The van der Waals surface area contributed by atoms with E-state index in [0.717, 1.165) is 0 Å². The van der Waals surface area contributed by atoms with Crippen molar-refractivity contribution in [2.75, 3.05) is 13.7 Å². The van der Waals surface area contributed by atoms with Crippen molar-refractivity contribution in [1.82, 2.24) is 4.90 Å². The van der Waals surface area contributed by atoms with Crippen LogP contribution >= 0.6 is 0 Å². The van der Waals surface area contributed by atoms with Gasteiger partial charge in [0.15, 0.2) is 5.78 Å². The van der Waals surface area contributed by atoms with E-state index in [-0.39, 0.29) is 5.78 Å². The molecule has 0 fully saturated rings. The first-order valence-electron chi connectivity index (χ1n) is 6.09. The van der Waals surface area contributed by atoms with Crippen molar-refractivity contribution in [3.05, 3.63) is 35.9 Å². The number of rotatable bonds is 5. The molecule has 0 aliphatic heterocycles. The fraction of sp³-hybridized carbons (Fsp3) is 0.429. The Balaban J connectivity index is 2.95. The summed E-state index contributed by atoms with van der Waals surface area (Å²) in [5.41, 5.74) is 0.617. The van der Waals surface area contributed by atoms with E-state index in [1.165, 1.54) is 12.0 Å². The zero-order valence-corrected chi connectivity index (χ0v) is 11.1. The summed E-state index contributed by atoms with van der Waals surface area (Å²) >= 11 is 0. The monoisotopic (exact) mass is 249 g/mol. The summed E-state index contributed by atoms with van der Waals surface area (Å²) in [6, 6.07) is 8.54. The predicted molar refractivity (Wildman–Crippen MR) is 69.6 cm³/mol. The minimum atomic E-state index is -0.468. The molecule has 0 radical (unpaired) electrons. The average Bonchev–Trinajstić information content (AvgIpc) is 2.44. The number of nitrogens with zero attached hydrogens (tertiary/aromatic N) is 1. The summed E-state index contributed by atoms with van der Waals surface area (Å²) in [5, 5.41) is 0. The van der Waals surface area contributed by atoms with Crippen molar-refractivity contribution in [3.63, 3.8) is 0 Å². The third-order valence-electron chi connectivity index (χ3n) is 2.87.